The molecular formula is C18H18Cl2N2O4. The predicted molar refractivity (Wildman–Crippen MR) is 102 cm³/mol. The van der Waals surface area contributed by atoms with Crippen molar-refractivity contribution in [3.05, 3.63) is 51.5 Å². The maximum absolute atomic E-state index is 12.0. The van der Waals surface area contributed by atoms with Gasteiger partial charge in [-0.1, -0.05) is 23.2 Å². The van der Waals surface area contributed by atoms with E-state index in [2.05, 4.69) is 10.5 Å². The van der Waals surface area contributed by atoms with E-state index in [1.807, 2.05) is 0 Å². The molecule has 8 heteroatoms. The van der Waals surface area contributed by atoms with Gasteiger partial charge in [0.15, 0.2) is 11.5 Å². The molecule has 1 N–H and O–H groups in total. The van der Waals surface area contributed by atoms with Crippen molar-refractivity contribution < 1.29 is 19.0 Å². The fourth-order valence-corrected chi connectivity index (χ4v) is 2.70. The molecule has 2 rings (SSSR count). The van der Waals surface area contributed by atoms with Crippen LogP contribution in [0, 0.1) is 0 Å². The fraction of sp³-hybridized carbons (Fsp3) is 0.222. The number of nitrogens with one attached hydrogen (secondary N) is 1. The number of amides is 1. The average molecular weight is 397 g/mol. The Morgan fingerprint density at radius 1 is 1.08 bits per heavy atom. The zero-order chi connectivity index (χ0) is 19.1. The van der Waals surface area contributed by atoms with Gasteiger partial charge in [-0.05, 0) is 41.5 Å². The Hall–Kier alpha value is -2.44. The lowest BCUT2D eigenvalue weighted by Crippen LogP contribution is -2.20. The lowest BCUT2D eigenvalue weighted by atomic mass is 10.1. The van der Waals surface area contributed by atoms with Gasteiger partial charge in [-0.25, -0.2) is 5.43 Å². The zero-order valence-electron chi connectivity index (χ0n) is 14.5. The van der Waals surface area contributed by atoms with Gasteiger partial charge in [-0.2, -0.15) is 5.10 Å². The van der Waals surface area contributed by atoms with Gasteiger partial charge in [0.25, 0.3) is 0 Å². The summed E-state index contributed by atoms with van der Waals surface area (Å²) in [5.74, 6) is 1.21. The van der Waals surface area contributed by atoms with E-state index in [0.717, 1.165) is 0 Å². The molecule has 0 heterocycles. The number of nitrogens with zero attached hydrogens (tertiary/aromatic N) is 1. The molecule has 0 bridgehead atoms. The zero-order valence-corrected chi connectivity index (χ0v) is 16.0. The molecule has 1 amide bonds. The number of benzene rings is 2. The fourth-order valence-electron chi connectivity index (χ4n) is 2.22. The minimum absolute atomic E-state index is 0.0695. The first kappa shape index (κ1) is 19.9. The topological polar surface area (TPSA) is 69.2 Å². The van der Waals surface area contributed by atoms with Crippen LogP contribution in [0.4, 0.5) is 0 Å². The predicted octanol–water partition coefficient (Wildman–Crippen LogP) is 3.71. The van der Waals surface area contributed by atoms with Crippen LogP contribution < -0.4 is 19.6 Å². The highest BCUT2D eigenvalue weighted by atomic mass is 35.5. The van der Waals surface area contributed by atoms with Gasteiger partial charge in [0.2, 0.25) is 5.91 Å². The van der Waals surface area contributed by atoms with Crippen LogP contribution in [0.5, 0.6) is 17.2 Å². The Morgan fingerprint density at radius 3 is 2.50 bits per heavy atom. The Morgan fingerprint density at radius 2 is 1.85 bits per heavy atom. The molecule has 6 nitrogen and oxygen atoms in total. The van der Waals surface area contributed by atoms with Crippen molar-refractivity contribution in [3.63, 3.8) is 0 Å². The molecule has 0 spiro atoms. The summed E-state index contributed by atoms with van der Waals surface area (Å²) in [6, 6.07) is 8.46. The molecule has 0 aliphatic carbocycles. The lowest BCUT2D eigenvalue weighted by Gasteiger charge is -2.10. The number of hydrazone groups is 1. The van der Waals surface area contributed by atoms with E-state index < -0.39 is 0 Å². The van der Waals surface area contributed by atoms with Crippen molar-refractivity contribution >= 4 is 35.3 Å². The molecule has 138 valence electrons. The van der Waals surface area contributed by atoms with Crippen molar-refractivity contribution in [2.75, 3.05) is 21.3 Å². The molecule has 26 heavy (non-hydrogen) atoms. The van der Waals surface area contributed by atoms with Crippen LogP contribution in [-0.4, -0.2) is 33.5 Å². The molecule has 0 aliphatic rings. The van der Waals surface area contributed by atoms with Crippen molar-refractivity contribution in [2.45, 2.75) is 6.42 Å². The number of hydrogen-bond donors (Lipinski definition) is 1. The maximum atomic E-state index is 12.0. The van der Waals surface area contributed by atoms with Crippen LogP contribution in [0.25, 0.3) is 0 Å². The second kappa shape index (κ2) is 9.31. The monoisotopic (exact) mass is 396 g/mol. The van der Waals surface area contributed by atoms with Crippen molar-refractivity contribution in [2.24, 2.45) is 5.10 Å². The molecule has 0 fully saturated rings. The van der Waals surface area contributed by atoms with Crippen LogP contribution in [0.15, 0.2) is 35.4 Å². The molecule has 0 saturated heterocycles. The first-order valence-electron chi connectivity index (χ1n) is 7.54. The summed E-state index contributed by atoms with van der Waals surface area (Å²) in [6.45, 7) is 0. The Kier molecular flexibility index (Phi) is 7.12. The largest absolute Gasteiger partial charge is 0.497 e. The molecule has 0 aliphatic heterocycles. The van der Waals surface area contributed by atoms with Crippen LogP contribution in [0.2, 0.25) is 10.0 Å². The number of rotatable bonds is 7. The van der Waals surface area contributed by atoms with Crippen LogP contribution in [0.1, 0.15) is 11.1 Å². The normalized spacial score (nSPS) is 10.7. The van der Waals surface area contributed by atoms with E-state index >= 15 is 0 Å². The van der Waals surface area contributed by atoms with Gasteiger partial charge >= 0.3 is 0 Å². The second-order valence-corrected chi connectivity index (χ2v) is 5.98. The SMILES string of the molecule is COc1ccc(Cl)c(CC(=O)N/N=C/c2cc(Cl)c(OC)c(OC)c2)c1. The summed E-state index contributed by atoms with van der Waals surface area (Å²) in [7, 11) is 4.56. The van der Waals surface area contributed by atoms with Crippen LogP contribution in [0.3, 0.4) is 0 Å². The highest BCUT2D eigenvalue weighted by Gasteiger charge is 2.10. The Labute approximate surface area is 161 Å². The van der Waals surface area contributed by atoms with Gasteiger partial charge in [-0.3, -0.25) is 4.79 Å². The van der Waals surface area contributed by atoms with E-state index in [1.165, 1.54) is 20.4 Å². The van der Waals surface area contributed by atoms with Gasteiger partial charge in [-0.15, -0.1) is 0 Å². The minimum atomic E-state index is -0.317. The molecule has 0 radical (unpaired) electrons. The first-order chi connectivity index (χ1) is 12.5. The Bertz CT molecular complexity index is 825. The van der Waals surface area contributed by atoms with Gasteiger partial charge < -0.3 is 14.2 Å². The van der Waals surface area contributed by atoms with E-state index in [9.17, 15) is 4.79 Å². The molecule has 0 aromatic heterocycles. The molecule has 2 aromatic rings. The van der Waals surface area contributed by atoms with Crippen LogP contribution in [-0.2, 0) is 11.2 Å². The first-order valence-corrected chi connectivity index (χ1v) is 8.30. The summed E-state index contributed by atoms with van der Waals surface area (Å²) in [4.78, 5) is 12.0. The molecule has 0 atom stereocenters. The second-order valence-electron chi connectivity index (χ2n) is 5.17. The number of carbonyl (C=O) groups excluding carboxylic acids is 1. The highest BCUT2D eigenvalue weighted by molar-refractivity contribution is 6.32. The summed E-state index contributed by atoms with van der Waals surface area (Å²) in [5, 5.41) is 4.79. The minimum Gasteiger partial charge on any atom is -0.497 e. The smallest absolute Gasteiger partial charge is 0.244 e. The molecular weight excluding hydrogens is 379 g/mol. The third-order valence-electron chi connectivity index (χ3n) is 3.46. The Balaban J connectivity index is 2.04. The maximum Gasteiger partial charge on any atom is 0.244 e. The molecule has 2 aromatic carbocycles. The average Bonchev–Trinajstić information content (AvgIpc) is 2.63. The van der Waals surface area contributed by atoms with Gasteiger partial charge in [0.05, 0.1) is 39.0 Å². The summed E-state index contributed by atoms with van der Waals surface area (Å²) < 4.78 is 15.5. The third kappa shape index (κ3) is 5.03. The van der Waals surface area contributed by atoms with Crippen LogP contribution >= 0.6 is 23.2 Å². The van der Waals surface area contributed by atoms with E-state index in [-0.39, 0.29) is 12.3 Å². The molecule has 0 saturated carbocycles. The summed E-state index contributed by atoms with van der Waals surface area (Å²) in [5.41, 5.74) is 3.74. The number of ether oxygens (including phenoxy) is 3. The summed E-state index contributed by atoms with van der Waals surface area (Å²) in [6.07, 6.45) is 1.53. The van der Waals surface area contributed by atoms with E-state index in [0.29, 0.717) is 38.4 Å². The number of halogens is 2. The highest BCUT2D eigenvalue weighted by Crippen LogP contribution is 2.35. The quantitative estimate of drug-likeness (QED) is 0.571. The number of carbonyl (C=O) groups is 1. The van der Waals surface area contributed by atoms with Crippen molar-refractivity contribution in [1.29, 1.82) is 0 Å². The van der Waals surface area contributed by atoms with E-state index in [4.69, 9.17) is 37.4 Å². The lowest BCUT2D eigenvalue weighted by molar-refractivity contribution is -0.120. The number of methoxy groups -OCH3 is 3. The summed E-state index contributed by atoms with van der Waals surface area (Å²) >= 11 is 12.2. The third-order valence-corrected chi connectivity index (χ3v) is 4.11. The van der Waals surface area contributed by atoms with Gasteiger partial charge in [0.1, 0.15) is 5.75 Å². The number of hydrogen-bond acceptors (Lipinski definition) is 5. The van der Waals surface area contributed by atoms with Crippen molar-refractivity contribution in [3.8, 4) is 17.2 Å². The van der Waals surface area contributed by atoms with Crippen molar-refractivity contribution in [1.82, 2.24) is 5.43 Å². The van der Waals surface area contributed by atoms with Gasteiger partial charge in [0, 0.05) is 5.02 Å². The van der Waals surface area contributed by atoms with E-state index in [1.54, 1.807) is 37.4 Å². The molecule has 0 unspecified atom stereocenters. The standard InChI is InChI=1S/C18H18Cl2N2O4/c1-24-13-4-5-14(19)12(8-13)9-17(23)22-21-10-11-6-15(20)18(26-3)16(7-11)25-2/h4-8,10H,9H2,1-3H3,(H,22,23)/b21-10+.